The first-order valence-corrected chi connectivity index (χ1v) is 10.8. The number of carbonyl (C=O) groups excluding carboxylic acids is 1. The van der Waals surface area contributed by atoms with E-state index in [1.54, 1.807) is 6.20 Å². The molecule has 0 unspecified atom stereocenters. The van der Waals surface area contributed by atoms with Gasteiger partial charge in [0.1, 0.15) is 11.9 Å². The zero-order chi connectivity index (χ0) is 22.9. The second-order valence-corrected chi connectivity index (χ2v) is 7.64. The molecule has 33 heavy (non-hydrogen) atoms. The summed E-state index contributed by atoms with van der Waals surface area (Å²) in [4.78, 5) is 17.6. The third-order valence-electron chi connectivity index (χ3n) is 5.36. The van der Waals surface area contributed by atoms with Crippen LogP contribution in [0.4, 0.5) is 5.82 Å². The van der Waals surface area contributed by atoms with Gasteiger partial charge in [0.15, 0.2) is 0 Å². The number of hydrogen-bond acceptors (Lipinski definition) is 4. The van der Waals surface area contributed by atoms with Crippen LogP contribution in [0.15, 0.2) is 103 Å². The van der Waals surface area contributed by atoms with Crippen molar-refractivity contribution in [3.63, 3.8) is 0 Å². The molecule has 5 heteroatoms. The molecule has 1 heterocycles. The highest BCUT2D eigenvalue weighted by Crippen LogP contribution is 2.20. The van der Waals surface area contributed by atoms with E-state index < -0.39 is 6.04 Å². The van der Waals surface area contributed by atoms with Crippen LogP contribution in [0, 0.1) is 11.3 Å². The minimum absolute atomic E-state index is 0.166. The third-order valence-corrected chi connectivity index (χ3v) is 5.36. The standard InChI is InChI=1S/C28H24N4O/c29-19-22-13-11-21(12-14-22)17-18-30-27(24-9-5-2-6-10-24)28(33)32-26-16-15-25(20-31-26)23-7-3-1-4-8-23/h1-16,20,27,30H,17-18H2,(H,31,32,33)/t27-/m0/s1. The Morgan fingerprint density at radius 2 is 1.55 bits per heavy atom. The van der Waals surface area contributed by atoms with Crippen LogP contribution in [0.25, 0.3) is 11.1 Å². The summed E-state index contributed by atoms with van der Waals surface area (Å²) < 4.78 is 0. The van der Waals surface area contributed by atoms with Crippen LogP contribution in [0.5, 0.6) is 0 Å². The molecule has 1 atom stereocenters. The Morgan fingerprint density at radius 1 is 0.848 bits per heavy atom. The molecule has 5 nitrogen and oxygen atoms in total. The lowest BCUT2D eigenvalue weighted by atomic mass is 10.0. The topological polar surface area (TPSA) is 77.8 Å². The monoisotopic (exact) mass is 432 g/mol. The van der Waals surface area contributed by atoms with Gasteiger partial charge in [0, 0.05) is 18.3 Å². The zero-order valence-corrected chi connectivity index (χ0v) is 18.1. The molecule has 4 rings (SSSR count). The van der Waals surface area contributed by atoms with Crippen LogP contribution in [0.2, 0.25) is 0 Å². The number of nitrogens with one attached hydrogen (secondary N) is 2. The lowest BCUT2D eigenvalue weighted by Gasteiger charge is -2.19. The molecule has 162 valence electrons. The molecule has 1 aromatic heterocycles. The van der Waals surface area contributed by atoms with E-state index in [2.05, 4.69) is 21.7 Å². The van der Waals surface area contributed by atoms with Crippen LogP contribution < -0.4 is 10.6 Å². The first kappa shape index (κ1) is 21.9. The Morgan fingerprint density at radius 3 is 2.18 bits per heavy atom. The van der Waals surface area contributed by atoms with Crippen molar-refractivity contribution in [1.29, 1.82) is 5.26 Å². The van der Waals surface area contributed by atoms with E-state index in [0.29, 0.717) is 17.9 Å². The highest BCUT2D eigenvalue weighted by Gasteiger charge is 2.20. The summed E-state index contributed by atoms with van der Waals surface area (Å²) in [5, 5.41) is 15.2. The lowest BCUT2D eigenvalue weighted by molar-refractivity contribution is -0.118. The molecule has 0 saturated heterocycles. The smallest absolute Gasteiger partial charge is 0.247 e. The van der Waals surface area contributed by atoms with E-state index in [9.17, 15) is 4.79 Å². The van der Waals surface area contributed by atoms with Gasteiger partial charge in [-0.2, -0.15) is 5.26 Å². The predicted molar refractivity (Wildman–Crippen MR) is 130 cm³/mol. The molecule has 0 fully saturated rings. The molecule has 0 spiro atoms. The molecule has 0 bridgehead atoms. The Kier molecular flexibility index (Phi) is 7.22. The molecule has 0 radical (unpaired) electrons. The minimum Gasteiger partial charge on any atom is -0.309 e. The van der Waals surface area contributed by atoms with Crippen molar-refractivity contribution in [3.05, 3.63) is 120 Å². The first-order valence-electron chi connectivity index (χ1n) is 10.8. The van der Waals surface area contributed by atoms with E-state index in [1.807, 2.05) is 97.1 Å². The van der Waals surface area contributed by atoms with Gasteiger partial charge < -0.3 is 10.6 Å². The number of hydrogen-bond donors (Lipinski definition) is 2. The Balaban J connectivity index is 1.43. The molecule has 4 aromatic rings. The number of rotatable bonds is 8. The fourth-order valence-corrected chi connectivity index (χ4v) is 3.58. The SMILES string of the molecule is N#Cc1ccc(CCN[C@H](C(=O)Nc2ccc(-c3ccccc3)cn2)c2ccccc2)cc1. The summed E-state index contributed by atoms with van der Waals surface area (Å²) in [6, 6.07) is 32.5. The van der Waals surface area contributed by atoms with Crippen LogP contribution in [-0.4, -0.2) is 17.4 Å². The number of nitrogens with zero attached hydrogens (tertiary/aromatic N) is 2. The number of benzene rings is 3. The van der Waals surface area contributed by atoms with Gasteiger partial charge in [-0.1, -0.05) is 72.8 Å². The number of carbonyl (C=O) groups is 1. The summed E-state index contributed by atoms with van der Waals surface area (Å²) in [5.74, 6) is 0.343. The number of aromatic nitrogens is 1. The summed E-state index contributed by atoms with van der Waals surface area (Å²) in [6.07, 6.45) is 2.51. The van der Waals surface area contributed by atoms with Crippen molar-refractivity contribution in [3.8, 4) is 17.2 Å². The van der Waals surface area contributed by atoms with Crippen molar-refractivity contribution >= 4 is 11.7 Å². The lowest BCUT2D eigenvalue weighted by Crippen LogP contribution is -2.34. The Labute approximate surface area is 193 Å². The minimum atomic E-state index is -0.514. The van der Waals surface area contributed by atoms with Crippen LogP contribution in [0.3, 0.4) is 0 Å². The van der Waals surface area contributed by atoms with Crippen molar-refractivity contribution in [1.82, 2.24) is 10.3 Å². The quantitative estimate of drug-likeness (QED) is 0.404. The summed E-state index contributed by atoms with van der Waals surface area (Å²) in [7, 11) is 0. The van der Waals surface area contributed by atoms with Crippen molar-refractivity contribution in [2.75, 3.05) is 11.9 Å². The molecule has 2 N–H and O–H groups in total. The van der Waals surface area contributed by atoms with Gasteiger partial charge in [-0.25, -0.2) is 4.98 Å². The first-order chi connectivity index (χ1) is 16.2. The van der Waals surface area contributed by atoms with Gasteiger partial charge in [-0.15, -0.1) is 0 Å². The number of pyridine rings is 1. The summed E-state index contributed by atoms with van der Waals surface area (Å²) in [5.41, 5.74) is 4.70. The van der Waals surface area contributed by atoms with E-state index in [1.165, 1.54) is 0 Å². The van der Waals surface area contributed by atoms with Gasteiger partial charge in [-0.05, 0) is 47.4 Å². The fourth-order valence-electron chi connectivity index (χ4n) is 3.58. The average Bonchev–Trinajstić information content (AvgIpc) is 2.88. The molecule has 3 aromatic carbocycles. The predicted octanol–water partition coefficient (Wildman–Crippen LogP) is 5.13. The maximum absolute atomic E-state index is 13.1. The van der Waals surface area contributed by atoms with Gasteiger partial charge in [0.2, 0.25) is 5.91 Å². The summed E-state index contributed by atoms with van der Waals surface area (Å²) >= 11 is 0. The van der Waals surface area contributed by atoms with E-state index in [-0.39, 0.29) is 5.91 Å². The highest BCUT2D eigenvalue weighted by molar-refractivity contribution is 5.95. The van der Waals surface area contributed by atoms with Crippen LogP contribution >= 0.6 is 0 Å². The van der Waals surface area contributed by atoms with Crippen molar-refractivity contribution in [2.45, 2.75) is 12.5 Å². The third kappa shape index (κ3) is 5.91. The summed E-state index contributed by atoms with van der Waals surface area (Å²) in [6.45, 7) is 0.610. The largest absolute Gasteiger partial charge is 0.309 e. The average molecular weight is 433 g/mol. The maximum atomic E-state index is 13.1. The van der Waals surface area contributed by atoms with Gasteiger partial charge in [-0.3, -0.25) is 4.79 Å². The van der Waals surface area contributed by atoms with Crippen molar-refractivity contribution in [2.24, 2.45) is 0 Å². The molecule has 0 aliphatic carbocycles. The zero-order valence-electron chi connectivity index (χ0n) is 18.1. The van der Waals surface area contributed by atoms with Crippen molar-refractivity contribution < 1.29 is 4.79 Å². The Hall–Kier alpha value is -4.27. The van der Waals surface area contributed by atoms with Crippen LogP contribution in [-0.2, 0) is 11.2 Å². The Bertz CT molecular complexity index is 1220. The number of nitriles is 1. The molecular weight excluding hydrogens is 408 g/mol. The van der Waals surface area contributed by atoms with E-state index >= 15 is 0 Å². The molecule has 0 aliphatic rings. The van der Waals surface area contributed by atoms with E-state index in [0.717, 1.165) is 28.7 Å². The second-order valence-electron chi connectivity index (χ2n) is 7.64. The molecule has 1 amide bonds. The molecule has 0 aliphatic heterocycles. The van der Waals surface area contributed by atoms with Gasteiger partial charge in [0.25, 0.3) is 0 Å². The fraction of sp³-hybridized carbons (Fsp3) is 0.107. The second kappa shape index (κ2) is 10.9. The maximum Gasteiger partial charge on any atom is 0.247 e. The highest BCUT2D eigenvalue weighted by atomic mass is 16.2. The molecular formula is C28H24N4O. The number of anilines is 1. The van der Waals surface area contributed by atoms with Gasteiger partial charge >= 0.3 is 0 Å². The van der Waals surface area contributed by atoms with Gasteiger partial charge in [0.05, 0.1) is 11.6 Å². The van der Waals surface area contributed by atoms with E-state index in [4.69, 9.17) is 5.26 Å². The molecule has 0 saturated carbocycles. The van der Waals surface area contributed by atoms with Crippen LogP contribution in [0.1, 0.15) is 22.7 Å². The number of amides is 1. The normalized spacial score (nSPS) is 11.4.